The van der Waals surface area contributed by atoms with Gasteiger partial charge in [0.05, 0.1) is 18.7 Å². The molecule has 0 saturated carbocycles. The lowest BCUT2D eigenvalue weighted by molar-refractivity contribution is 0.188. The van der Waals surface area contributed by atoms with Crippen molar-refractivity contribution in [1.29, 1.82) is 0 Å². The quantitative estimate of drug-likeness (QED) is 0.935. The number of likely N-dealkylation sites (tertiary alicyclic amines) is 1. The zero-order valence-corrected chi connectivity index (χ0v) is 12.9. The van der Waals surface area contributed by atoms with Crippen LogP contribution in [0.15, 0.2) is 29.6 Å². The van der Waals surface area contributed by atoms with Crippen molar-refractivity contribution in [3.8, 4) is 11.8 Å². The Morgan fingerprint density at radius 2 is 2.18 bits per heavy atom. The molecule has 1 fully saturated rings. The Morgan fingerprint density at radius 1 is 1.36 bits per heavy atom. The largest absolute Gasteiger partial charge is 0.480 e. The van der Waals surface area contributed by atoms with E-state index in [-0.39, 0.29) is 12.1 Å². The van der Waals surface area contributed by atoms with Crippen molar-refractivity contribution in [3.05, 3.63) is 29.6 Å². The van der Waals surface area contributed by atoms with Gasteiger partial charge in [-0.1, -0.05) is 0 Å². The Morgan fingerprint density at radius 3 is 2.86 bits per heavy atom. The maximum Gasteiger partial charge on any atom is 0.322 e. The van der Waals surface area contributed by atoms with E-state index >= 15 is 0 Å². The van der Waals surface area contributed by atoms with Crippen molar-refractivity contribution in [2.75, 3.05) is 25.5 Å². The molecule has 1 atom stereocenters. The van der Waals surface area contributed by atoms with Crippen LogP contribution in [0.2, 0.25) is 0 Å². The number of hydrogen-bond donors (Lipinski definition) is 1. The van der Waals surface area contributed by atoms with E-state index < -0.39 is 0 Å². The van der Waals surface area contributed by atoms with Gasteiger partial charge in [-0.2, -0.15) is 0 Å². The molecule has 8 heteroatoms. The van der Waals surface area contributed by atoms with Crippen molar-refractivity contribution in [2.45, 2.75) is 12.5 Å². The molecule has 1 saturated heterocycles. The van der Waals surface area contributed by atoms with E-state index in [1.807, 2.05) is 17.5 Å². The fourth-order valence-electron chi connectivity index (χ4n) is 2.19. The molecule has 3 rings (SSSR count). The van der Waals surface area contributed by atoms with Crippen LogP contribution in [0.4, 0.5) is 9.80 Å². The molecule has 1 aliphatic heterocycles. The number of carbonyl (C=O) groups excluding carboxylic acids is 1. The van der Waals surface area contributed by atoms with Gasteiger partial charge >= 0.3 is 6.03 Å². The molecule has 2 aromatic rings. The van der Waals surface area contributed by atoms with Crippen LogP contribution in [-0.4, -0.2) is 47.4 Å². The molecule has 0 spiro atoms. The zero-order chi connectivity index (χ0) is 15.4. The average Bonchev–Trinajstić information content (AvgIpc) is 3.20. The number of urea groups is 1. The molecule has 0 unspecified atom stereocenters. The summed E-state index contributed by atoms with van der Waals surface area (Å²) >= 11 is 1.50. The maximum absolute atomic E-state index is 12.1. The summed E-state index contributed by atoms with van der Waals surface area (Å²) in [7, 11) is 1.53. The molecule has 1 N–H and O–H groups in total. The number of aromatic nitrogens is 2. The minimum atomic E-state index is -0.102. The lowest BCUT2D eigenvalue weighted by Gasteiger charge is -2.17. The van der Waals surface area contributed by atoms with Crippen molar-refractivity contribution < 1.29 is 14.3 Å². The van der Waals surface area contributed by atoms with Crippen LogP contribution in [0, 0.1) is 0 Å². The first kappa shape index (κ1) is 14.6. The first-order chi connectivity index (χ1) is 10.7. The minimum Gasteiger partial charge on any atom is -0.480 e. The number of rotatable bonds is 4. The van der Waals surface area contributed by atoms with Gasteiger partial charge in [-0.25, -0.2) is 4.79 Å². The second-order valence-electron chi connectivity index (χ2n) is 4.80. The third-order valence-electron chi connectivity index (χ3n) is 3.30. The van der Waals surface area contributed by atoms with Crippen LogP contribution in [0.3, 0.4) is 0 Å². The number of carbonyl (C=O) groups is 1. The van der Waals surface area contributed by atoms with Crippen molar-refractivity contribution >= 4 is 22.4 Å². The summed E-state index contributed by atoms with van der Waals surface area (Å²) in [6.07, 6.45) is 0.697. The Bertz CT molecular complexity index is 618. The molecule has 22 heavy (non-hydrogen) atoms. The Kier molecular flexibility index (Phi) is 4.38. The van der Waals surface area contributed by atoms with Gasteiger partial charge < -0.3 is 14.4 Å². The van der Waals surface area contributed by atoms with Crippen LogP contribution in [0.1, 0.15) is 6.42 Å². The second-order valence-corrected chi connectivity index (χ2v) is 5.74. The van der Waals surface area contributed by atoms with Gasteiger partial charge in [0.2, 0.25) is 11.8 Å². The van der Waals surface area contributed by atoms with Gasteiger partial charge in [-0.15, -0.1) is 21.5 Å². The third kappa shape index (κ3) is 3.45. The number of thiophene rings is 1. The lowest BCUT2D eigenvalue weighted by atomic mass is 10.3. The first-order valence-corrected chi connectivity index (χ1v) is 7.76. The van der Waals surface area contributed by atoms with Gasteiger partial charge in [0, 0.05) is 25.1 Å². The fourth-order valence-corrected chi connectivity index (χ4v) is 2.80. The highest BCUT2D eigenvalue weighted by molar-refractivity contribution is 7.14. The molecule has 1 aliphatic rings. The predicted molar refractivity (Wildman–Crippen MR) is 82.5 cm³/mol. The first-order valence-electron chi connectivity index (χ1n) is 6.88. The second kappa shape index (κ2) is 6.61. The van der Waals surface area contributed by atoms with Gasteiger partial charge in [0.25, 0.3) is 0 Å². The molecule has 0 aromatic carbocycles. The molecule has 0 aliphatic carbocycles. The molecule has 0 radical (unpaired) electrons. The summed E-state index contributed by atoms with van der Waals surface area (Å²) in [5.41, 5.74) is 0. The predicted octanol–water partition coefficient (Wildman–Crippen LogP) is 2.23. The summed E-state index contributed by atoms with van der Waals surface area (Å²) < 4.78 is 10.7. The van der Waals surface area contributed by atoms with Gasteiger partial charge in [-0.05, 0) is 17.5 Å². The standard InChI is InChI=1S/C14H16N4O3S/c1-20-11-4-5-12(17-16-11)21-10-6-7-18(9-10)14(19)15-13-3-2-8-22-13/h2-5,8,10H,6-7,9H2,1H3,(H,15,19)/t10-/m1/s1. The molecule has 0 bridgehead atoms. The summed E-state index contributed by atoms with van der Waals surface area (Å²) in [4.78, 5) is 13.9. The van der Waals surface area contributed by atoms with Gasteiger partial charge in [0.1, 0.15) is 6.10 Å². The van der Waals surface area contributed by atoms with Crippen molar-refractivity contribution in [1.82, 2.24) is 15.1 Å². The van der Waals surface area contributed by atoms with E-state index in [0.717, 1.165) is 11.4 Å². The number of hydrogen-bond acceptors (Lipinski definition) is 6. The van der Waals surface area contributed by atoms with E-state index in [4.69, 9.17) is 9.47 Å². The summed E-state index contributed by atoms with van der Waals surface area (Å²) in [6, 6.07) is 7.07. The zero-order valence-electron chi connectivity index (χ0n) is 12.1. The van der Waals surface area contributed by atoms with Crippen LogP contribution in [-0.2, 0) is 0 Å². The Balaban J connectivity index is 1.52. The topological polar surface area (TPSA) is 76.6 Å². The highest BCUT2D eigenvalue weighted by atomic mass is 32.1. The monoisotopic (exact) mass is 320 g/mol. The SMILES string of the molecule is COc1ccc(O[C@@H]2CCN(C(=O)Nc3cccs3)C2)nn1. The van der Waals surface area contributed by atoms with Gasteiger partial charge in [-0.3, -0.25) is 5.32 Å². The Hall–Kier alpha value is -2.35. The summed E-state index contributed by atoms with van der Waals surface area (Å²) in [6.45, 7) is 1.19. The van der Waals surface area contributed by atoms with Crippen molar-refractivity contribution in [2.24, 2.45) is 0 Å². The highest BCUT2D eigenvalue weighted by Gasteiger charge is 2.28. The normalized spacial score (nSPS) is 17.3. The Labute approximate surface area is 131 Å². The average molecular weight is 320 g/mol. The van der Waals surface area contributed by atoms with E-state index in [0.29, 0.717) is 24.8 Å². The number of ether oxygens (including phenoxy) is 2. The molecule has 116 valence electrons. The van der Waals surface area contributed by atoms with Crippen LogP contribution in [0.5, 0.6) is 11.8 Å². The number of nitrogens with zero attached hydrogens (tertiary/aromatic N) is 3. The molecule has 3 heterocycles. The maximum atomic E-state index is 12.1. The number of methoxy groups -OCH3 is 1. The summed E-state index contributed by atoms with van der Waals surface area (Å²) in [5.74, 6) is 0.877. The van der Waals surface area contributed by atoms with Crippen LogP contribution < -0.4 is 14.8 Å². The smallest absolute Gasteiger partial charge is 0.322 e. The lowest BCUT2D eigenvalue weighted by Crippen LogP contribution is -2.34. The van der Waals surface area contributed by atoms with Crippen LogP contribution >= 0.6 is 11.3 Å². The fraction of sp³-hybridized carbons (Fsp3) is 0.357. The van der Waals surface area contributed by atoms with Crippen molar-refractivity contribution in [3.63, 3.8) is 0 Å². The molecular weight excluding hydrogens is 304 g/mol. The van der Waals surface area contributed by atoms with Crippen LogP contribution in [0.25, 0.3) is 0 Å². The highest BCUT2D eigenvalue weighted by Crippen LogP contribution is 2.20. The van der Waals surface area contributed by atoms with E-state index in [2.05, 4.69) is 15.5 Å². The van der Waals surface area contributed by atoms with E-state index in [9.17, 15) is 4.79 Å². The minimum absolute atomic E-state index is 0.0724. The van der Waals surface area contributed by atoms with E-state index in [1.165, 1.54) is 18.4 Å². The third-order valence-corrected chi connectivity index (χ3v) is 4.08. The number of amides is 2. The summed E-state index contributed by atoms with van der Waals surface area (Å²) in [5, 5.41) is 13.4. The van der Waals surface area contributed by atoms with Gasteiger partial charge in [0.15, 0.2) is 0 Å². The molecule has 2 amide bonds. The number of anilines is 1. The number of nitrogens with one attached hydrogen (secondary N) is 1. The molecule has 2 aromatic heterocycles. The van der Waals surface area contributed by atoms with E-state index in [1.54, 1.807) is 17.0 Å². The molecular formula is C14H16N4O3S. The molecule has 7 nitrogen and oxygen atoms in total.